The largest absolute Gasteiger partial charge is 0.274 e. The molecule has 2 saturated carbocycles. The third-order valence-electron chi connectivity index (χ3n) is 6.46. The molecule has 2 aromatic carbocycles. The van der Waals surface area contributed by atoms with Gasteiger partial charge in [-0.25, -0.2) is 0 Å². The number of fused-ring (bicyclic) bond motifs is 5. The summed E-state index contributed by atoms with van der Waals surface area (Å²) in [5.41, 5.74) is 2.39. The fraction of sp³-hybridized carbons (Fsp3) is 0.333. The highest BCUT2D eigenvalue weighted by molar-refractivity contribution is 6.22. The van der Waals surface area contributed by atoms with Crippen molar-refractivity contribution in [3.63, 3.8) is 0 Å². The number of nitro groups is 1. The number of hydrogen-bond donors (Lipinski definition) is 0. The van der Waals surface area contributed by atoms with Gasteiger partial charge in [0.05, 0.1) is 22.4 Å². The van der Waals surface area contributed by atoms with Gasteiger partial charge in [-0.1, -0.05) is 12.1 Å². The van der Waals surface area contributed by atoms with E-state index in [0.717, 1.165) is 30.4 Å². The maximum atomic E-state index is 12.9. The Morgan fingerprint density at radius 1 is 0.815 bits per heavy atom. The highest BCUT2D eigenvalue weighted by Crippen LogP contribution is 2.56. The molecule has 2 aromatic rings. The maximum Gasteiger partial charge on any atom is 0.269 e. The molecular formula is C21H18N2O4. The van der Waals surface area contributed by atoms with Gasteiger partial charge in [0, 0.05) is 12.1 Å². The van der Waals surface area contributed by atoms with Crippen LogP contribution in [0, 0.1) is 33.8 Å². The number of nitro benzene ring substituents is 1. The van der Waals surface area contributed by atoms with E-state index in [1.54, 1.807) is 24.3 Å². The summed E-state index contributed by atoms with van der Waals surface area (Å²) in [4.78, 5) is 37.5. The standard InChI is InChI=1S/C21H18N2O4/c24-20-18-14-1-2-15(11-14)19(18)21(25)22(20)16-7-3-12(4-8-16)13-5-9-17(10-6-13)23(26)27/h3-10,14-15,18-19H,1-2,11H2. The summed E-state index contributed by atoms with van der Waals surface area (Å²) in [6, 6.07) is 13.6. The second-order valence-electron chi connectivity index (χ2n) is 7.75. The van der Waals surface area contributed by atoms with Crippen LogP contribution in [0.1, 0.15) is 19.3 Å². The van der Waals surface area contributed by atoms with Crippen molar-refractivity contribution in [1.29, 1.82) is 0 Å². The number of nitrogens with zero attached hydrogens (tertiary/aromatic N) is 2. The summed E-state index contributed by atoms with van der Waals surface area (Å²) in [7, 11) is 0. The fourth-order valence-corrected chi connectivity index (χ4v) is 5.24. The van der Waals surface area contributed by atoms with Crippen molar-refractivity contribution in [2.75, 3.05) is 4.90 Å². The van der Waals surface area contributed by atoms with Gasteiger partial charge in [0.15, 0.2) is 0 Å². The maximum absolute atomic E-state index is 12.9. The van der Waals surface area contributed by atoms with E-state index in [9.17, 15) is 19.7 Å². The predicted molar refractivity (Wildman–Crippen MR) is 98.8 cm³/mol. The second-order valence-corrected chi connectivity index (χ2v) is 7.75. The fourth-order valence-electron chi connectivity index (χ4n) is 5.24. The Morgan fingerprint density at radius 3 is 1.78 bits per heavy atom. The Kier molecular flexibility index (Phi) is 3.44. The molecule has 5 rings (SSSR count). The van der Waals surface area contributed by atoms with E-state index < -0.39 is 4.92 Å². The zero-order valence-corrected chi connectivity index (χ0v) is 14.6. The average molecular weight is 362 g/mol. The van der Waals surface area contributed by atoms with Gasteiger partial charge in [-0.15, -0.1) is 0 Å². The number of non-ortho nitro benzene ring substituents is 1. The predicted octanol–water partition coefficient (Wildman–Crippen LogP) is 3.80. The first-order chi connectivity index (χ1) is 13.0. The summed E-state index contributed by atoms with van der Waals surface area (Å²) < 4.78 is 0. The van der Waals surface area contributed by atoms with Crippen LogP contribution in [-0.4, -0.2) is 16.7 Å². The quantitative estimate of drug-likeness (QED) is 0.472. The van der Waals surface area contributed by atoms with Crippen molar-refractivity contribution in [3.05, 3.63) is 58.6 Å². The van der Waals surface area contributed by atoms with Crippen molar-refractivity contribution in [1.82, 2.24) is 0 Å². The SMILES string of the molecule is O=C1C2C3CCC(C3)C2C(=O)N1c1ccc(-c2ccc([N+](=O)[O-])cc2)cc1. The van der Waals surface area contributed by atoms with Crippen LogP contribution in [0.2, 0.25) is 0 Å². The Hall–Kier alpha value is -3.02. The lowest BCUT2D eigenvalue weighted by Gasteiger charge is -2.19. The van der Waals surface area contributed by atoms with Crippen molar-refractivity contribution in [2.45, 2.75) is 19.3 Å². The van der Waals surface area contributed by atoms with E-state index in [2.05, 4.69) is 0 Å². The summed E-state index contributed by atoms with van der Waals surface area (Å²) in [5.74, 6) is 0.429. The lowest BCUT2D eigenvalue weighted by atomic mass is 9.81. The molecule has 1 heterocycles. The minimum atomic E-state index is -0.429. The first-order valence-electron chi connectivity index (χ1n) is 9.27. The molecule has 1 saturated heterocycles. The number of anilines is 1. The average Bonchev–Trinajstić information content (AvgIpc) is 3.36. The van der Waals surface area contributed by atoms with Crippen LogP contribution < -0.4 is 4.90 Å². The van der Waals surface area contributed by atoms with Gasteiger partial charge in [-0.05, 0) is 66.5 Å². The van der Waals surface area contributed by atoms with Crippen LogP contribution in [0.3, 0.4) is 0 Å². The lowest BCUT2D eigenvalue weighted by Crippen LogP contribution is -2.32. The Morgan fingerprint density at radius 2 is 1.30 bits per heavy atom. The highest BCUT2D eigenvalue weighted by Gasteiger charge is 2.61. The molecule has 0 aromatic heterocycles. The van der Waals surface area contributed by atoms with E-state index in [1.165, 1.54) is 17.0 Å². The van der Waals surface area contributed by atoms with Crippen LogP contribution in [0.5, 0.6) is 0 Å². The molecule has 27 heavy (non-hydrogen) atoms. The molecule has 0 radical (unpaired) electrons. The Labute approximate surface area is 155 Å². The molecule has 3 aliphatic rings. The second kappa shape index (κ2) is 5.74. The van der Waals surface area contributed by atoms with Gasteiger partial charge in [-0.3, -0.25) is 24.6 Å². The van der Waals surface area contributed by atoms with Gasteiger partial charge < -0.3 is 0 Å². The van der Waals surface area contributed by atoms with Crippen LogP contribution in [0.4, 0.5) is 11.4 Å². The number of hydrogen-bond acceptors (Lipinski definition) is 4. The van der Waals surface area contributed by atoms with Gasteiger partial charge in [0.25, 0.3) is 5.69 Å². The Bertz CT molecular complexity index is 923. The molecule has 6 heteroatoms. The third kappa shape index (κ3) is 2.32. The monoisotopic (exact) mass is 362 g/mol. The van der Waals surface area contributed by atoms with Crippen LogP contribution in [0.25, 0.3) is 11.1 Å². The first-order valence-corrected chi connectivity index (χ1v) is 9.27. The summed E-state index contributed by atoms with van der Waals surface area (Å²) >= 11 is 0. The number of imide groups is 1. The molecule has 2 amide bonds. The molecule has 4 atom stereocenters. The highest BCUT2D eigenvalue weighted by atomic mass is 16.6. The van der Waals surface area contributed by atoms with Crippen molar-refractivity contribution >= 4 is 23.2 Å². The molecular weight excluding hydrogens is 344 g/mol. The van der Waals surface area contributed by atoms with E-state index in [4.69, 9.17) is 0 Å². The zero-order chi connectivity index (χ0) is 18.7. The van der Waals surface area contributed by atoms with Gasteiger partial charge in [0.2, 0.25) is 11.8 Å². The topological polar surface area (TPSA) is 80.5 Å². The van der Waals surface area contributed by atoms with E-state index in [-0.39, 0.29) is 29.3 Å². The van der Waals surface area contributed by atoms with E-state index in [1.807, 2.05) is 12.1 Å². The number of amides is 2. The van der Waals surface area contributed by atoms with Crippen molar-refractivity contribution < 1.29 is 14.5 Å². The van der Waals surface area contributed by atoms with Crippen LogP contribution in [-0.2, 0) is 9.59 Å². The minimum absolute atomic E-state index is 0.0414. The van der Waals surface area contributed by atoms with Gasteiger partial charge >= 0.3 is 0 Å². The van der Waals surface area contributed by atoms with E-state index >= 15 is 0 Å². The number of rotatable bonds is 3. The molecule has 6 nitrogen and oxygen atoms in total. The van der Waals surface area contributed by atoms with Crippen molar-refractivity contribution in [2.24, 2.45) is 23.7 Å². The molecule has 2 aliphatic carbocycles. The smallest absolute Gasteiger partial charge is 0.269 e. The van der Waals surface area contributed by atoms with Crippen LogP contribution >= 0.6 is 0 Å². The van der Waals surface area contributed by atoms with E-state index in [0.29, 0.717) is 17.5 Å². The minimum Gasteiger partial charge on any atom is -0.274 e. The molecule has 2 bridgehead atoms. The number of carbonyl (C=O) groups excluding carboxylic acids is 2. The molecule has 0 spiro atoms. The molecule has 4 unspecified atom stereocenters. The molecule has 1 aliphatic heterocycles. The van der Waals surface area contributed by atoms with Gasteiger partial charge in [-0.2, -0.15) is 0 Å². The lowest BCUT2D eigenvalue weighted by molar-refractivity contribution is -0.384. The number of benzene rings is 2. The summed E-state index contributed by atoms with van der Waals surface area (Å²) in [5, 5.41) is 10.8. The number of carbonyl (C=O) groups is 2. The summed E-state index contributed by atoms with van der Waals surface area (Å²) in [6.45, 7) is 0. The third-order valence-corrected chi connectivity index (χ3v) is 6.46. The Balaban J connectivity index is 1.41. The van der Waals surface area contributed by atoms with Crippen molar-refractivity contribution in [3.8, 4) is 11.1 Å². The van der Waals surface area contributed by atoms with Gasteiger partial charge in [0.1, 0.15) is 0 Å². The summed E-state index contributed by atoms with van der Waals surface area (Å²) in [6.07, 6.45) is 3.16. The normalized spacial score (nSPS) is 28.7. The molecule has 3 fully saturated rings. The molecule has 0 N–H and O–H groups in total. The molecule has 136 valence electrons. The first kappa shape index (κ1) is 16.2. The zero-order valence-electron chi connectivity index (χ0n) is 14.6. The van der Waals surface area contributed by atoms with Crippen LogP contribution in [0.15, 0.2) is 48.5 Å².